The van der Waals surface area contributed by atoms with Crippen LogP contribution in [0.1, 0.15) is 19.3 Å². The molecule has 1 fully saturated rings. The summed E-state index contributed by atoms with van der Waals surface area (Å²) >= 11 is 0. The van der Waals surface area contributed by atoms with E-state index < -0.39 is 11.9 Å². The van der Waals surface area contributed by atoms with Crippen molar-refractivity contribution in [3.05, 3.63) is 18.2 Å². The summed E-state index contributed by atoms with van der Waals surface area (Å²) in [5, 5.41) is 17.6. The van der Waals surface area contributed by atoms with Gasteiger partial charge in [0.05, 0.1) is 0 Å². The number of anilines is 1. The zero-order chi connectivity index (χ0) is 21.4. The fourth-order valence-electron chi connectivity index (χ4n) is 2.90. The molecule has 11 heteroatoms. The highest BCUT2D eigenvalue weighted by molar-refractivity contribution is 6.27. The third-order valence-electron chi connectivity index (χ3n) is 4.48. The molecule has 0 bridgehead atoms. The highest BCUT2D eigenvalue weighted by Crippen LogP contribution is 2.34. The number of carbonyl (C=O) groups excluding carboxylic acids is 2. The average molecular weight is 409 g/mol. The van der Waals surface area contributed by atoms with E-state index in [9.17, 15) is 9.59 Å². The summed E-state index contributed by atoms with van der Waals surface area (Å²) in [6.45, 7) is 2.52. The van der Waals surface area contributed by atoms with E-state index >= 15 is 0 Å². The maximum atomic E-state index is 12.0. The van der Waals surface area contributed by atoms with Crippen molar-refractivity contribution in [3.8, 4) is 11.5 Å². The largest absolute Gasteiger partial charge is 0.473 e. The first-order valence-electron chi connectivity index (χ1n) is 8.93. The molecule has 1 aromatic carbocycles. The second kappa shape index (κ2) is 10.3. The van der Waals surface area contributed by atoms with Crippen LogP contribution in [0.5, 0.6) is 11.5 Å². The monoisotopic (exact) mass is 409 g/mol. The molecule has 3 rings (SSSR count). The number of nitrogens with zero attached hydrogens (tertiary/aromatic N) is 1. The van der Waals surface area contributed by atoms with E-state index in [0.29, 0.717) is 30.2 Å². The van der Waals surface area contributed by atoms with Gasteiger partial charge < -0.3 is 35.6 Å². The van der Waals surface area contributed by atoms with Crippen LogP contribution in [-0.2, 0) is 19.2 Å². The van der Waals surface area contributed by atoms with E-state index in [2.05, 4.69) is 10.2 Å². The van der Waals surface area contributed by atoms with Gasteiger partial charge in [0.15, 0.2) is 11.5 Å². The SMILES string of the molecule is NC(=O)C1CCN(CCC(=O)Nc2ccc3c(c2)OCO3)CC1.O=C(O)C(=O)O. The quantitative estimate of drug-likeness (QED) is 0.493. The number of likely N-dealkylation sites (tertiary alicyclic amines) is 1. The predicted molar refractivity (Wildman–Crippen MR) is 99.4 cm³/mol. The summed E-state index contributed by atoms with van der Waals surface area (Å²) in [4.78, 5) is 43.6. The number of fused-ring (bicyclic) bond motifs is 1. The van der Waals surface area contributed by atoms with E-state index in [1.807, 2.05) is 0 Å². The Morgan fingerprint density at radius 3 is 2.28 bits per heavy atom. The van der Waals surface area contributed by atoms with Gasteiger partial charge in [0.1, 0.15) is 0 Å². The number of rotatable bonds is 5. The van der Waals surface area contributed by atoms with Crippen LogP contribution in [0, 0.1) is 5.92 Å². The van der Waals surface area contributed by atoms with Crippen LogP contribution >= 0.6 is 0 Å². The van der Waals surface area contributed by atoms with Crippen LogP contribution < -0.4 is 20.5 Å². The Kier molecular flexibility index (Phi) is 7.78. The Balaban J connectivity index is 0.000000438. The van der Waals surface area contributed by atoms with Gasteiger partial charge in [-0.2, -0.15) is 0 Å². The molecule has 0 unspecified atom stereocenters. The van der Waals surface area contributed by atoms with Crippen LogP contribution in [0.2, 0.25) is 0 Å². The van der Waals surface area contributed by atoms with Gasteiger partial charge in [-0.25, -0.2) is 9.59 Å². The number of piperidine rings is 1. The Hall–Kier alpha value is -3.34. The molecule has 2 aliphatic heterocycles. The number of hydrogen-bond acceptors (Lipinski definition) is 7. The van der Waals surface area contributed by atoms with Crippen molar-refractivity contribution in [1.82, 2.24) is 4.90 Å². The molecule has 0 aliphatic carbocycles. The smallest absolute Gasteiger partial charge is 0.414 e. The number of carboxylic acid groups (broad SMARTS) is 2. The standard InChI is InChI=1S/C16H21N3O4.C2H2O4/c17-16(21)11-3-6-19(7-4-11)8-5-15(20)18-12-1-2-13-14(9-12)23-10-22-13;3-1(4)2(5)6/h1-2,9,11H,3-8,10H2,(H2,17,21)(H,18,20);(H,3,4)(H,5,6). The molecule has 0 atom stereocenters. The summed E-state index contributed by atoms with van der Waals surface area (Å²) in [6.07, 6.45) is 1.97. The Morgan fingerprint density at radius 2 is 1.69 bits per heavy atom. The molecule has 158 valence electrons. The molecule has 11 nitrogen and oxygen atoms in total. The van der Waals surface area contributed by atoms with Crippen molar-refractivity contribution in [2.45, 2.75) is 19.3 Å². The molecular weight excluding hydrogens is 386 g/mol. The number of carboxylic acids is 2. The normalized spacial score (nSPS) is 15.7. The van der Waals surface area contributed by atoms with Crippen molar-refractivity contribution in [2.24, 2.45) is 11.7 Å². The van der Waals surface area contributed by atoms with Gasteiger partial charge >= 0.3 is 11.9 Å². The van der Waals surface area contributed by atoms with Crippen LogP contribution in [0.4, 0.5) is 5.69 Å². The lowest BCUT2D eigenvalue weighted by Crippen LogP contribution is -2.39. The van der Waals surface area contributed by atoms with Crippen molar-refractivity contribution in [1.29, 1.82) is 0 Å². The van der Waals surface area contributed by atoms with Crippen molar-refractivity contribution in [2.75, 3.05) is 31.7 Å². The molecule has 0 radical (unpaired) electrons. The number of amides is 2. The van der Waals surface area contributed by atoms with Crippen LogP contribution in [0.25, 0.3) is 0 Å². The number of nitrogens with one attached hydrogen (secondary N) is 1. The van der Waals surface area contributed by atoms with Gasteiger partial charge in [0.2, 0.25) is 18.6 Å². The van der Waals surface area contributed by atoms with Crippen molar-refractivity contribution < 1.29 is 38.9 Å². The number of benzene rings is 1. The number of hydrogen-bond donors (Lipinski definition) is 4. The molecule has 5 N–H and O–H groups in total. The molecule has 0 aromatic heterocycles. The van der Waals surface area contributed by atoms with Gasteiger partial charge in [-0.05, 0) is 38.1 Å². The van der Waals surface area contributed by atoms with E-state index in [1.165, 1.54) is 0 Å². The highest BCUT2D eigenvalue weighted by atomic mass is 16.7. The Bertz CT molecular complexity index is 762. The fraction of sp³-hybridized carbons (Fsp3) is 0.444. The van der Waals surface area contributed by atoms with Gasteiger partial charge in [-0.15, -0.1) is 0 Å². The summed E-state index contributed by atoms with van der Waals surface area (Å²) in [5.74, 6) is -2.58. The zero-order valence-electron chi connectivity index (χ0n) is 15.6. The number of nitrogens with two attached hydrogens (primary N) is 1. The summed E-state index contributed by atoms with van der Waals surface area (Å²) in [7, 11) is 0. The van der Waals surface area contributed by atoms with Crippen molar-refractivity contribution in [3.63, 3.8) is 0 Å². The van der Waals surface area contributed by atoms with Crippen LogP contribution in [0.15, 0.2) is 18.2 Å². The number of primary amides is 1. The Morgan fingerprint density at radius 1 is 1.07 bits per heavy atom. The number of aliphatic carboxylic acids is 2. The lowest BCUT2D eigenvalue weighted by molar-refractivity contribution is -0.159. The molecule has 0 saturated carbocycles. The fourth-order valence-corrected chi connectivity index (χ4v) is 2.90. The first-order valence-corrected chi connectivity index (χ1v) is 8.93. The molecule has 29 heavy (non-hydrogen) atoms. The van der Waals surface area contributed by atoms with Crippen LogP contribution in [0.3, 0.4) is 0 Å². The number of ether oxygens (including phenoxy) is 2. The summed E-state index contributed by atoms with van der Waals surface area (Å²) < 4.78 is 10.5. The second-order valence-electron chi connectivity index (χ2n) is 6.49. The maximum Gasteiger partial charge on any atom is 0.414 e. The zero-order valence-corrected chi connectivity index (χ0v) is 15.6. The summed E-state index contributed by atoms with van der Waals surface area (Å²) in [5.41, 5.74) is 6.02. The van der Waals surface area contributed by atoms with Gasteiger partial charge in [0.25, 0.3) is 0 Å². The van der Waals surface area contributed by atoms with Gasteiger partial charge in [0, 0.05) is 30.6 Å². The van der Waals surface area contributed by atoms with E-state index in [4.69, 9.17) is 35.0 Å². The second-order valence-corrected chi connectivity index (χ2v) is 6.49. The summed E-state index contributed by atoms with van der Waals surface area (Å²) in [6, 6.07) is 5.34. The molecule has 1 aromatic rings. The first-order chi connectivity index (χ1) is 13.8. The molecular formula is C18H23N3O8. The topological polar surface area (TPSA) is 168 Å². The molecule has 2 heterocycles. The predicted octanol–water partition coefficient (Wildman–Crippen LogP) is 0.0968. The van der Waals surface area contributed by atoms with Gasteiger partial charge in [-0.3, -0.25) is 9.59 Å². The minimum atomic E-state index is -1.82. The molecule has 1 saturated heterocycles. The first kappa shape index (κ1) is 22.0. The van der Waals surface area contributed by atoms with Gasteiger partial charge in [-0.1, -0.05) is 0 Å². The number of carbonyl (C=O) groups is 4. The third kappa shape index (κ3) is 6.96. The lowest BCUT2D eigenvalue weighted by atomic mass is 9.96. The Labute approximate surface area is 166 Å². The minimum Gasteiger partial charge on any atom is -0.473 e. The lowest BCUT2D eigenvalue weighted by Gasteiger charge is -2.30. The highest BCUT2D eigenvalue weighted by Gasteiger charge is 2.23. The minimum absolute atomic E-state index is 0.0197. The van der Waals surface area contributed by atoms with E-state index in [1.54, 1.807) is 18.2 Å². The van der Waals surface area contributed by atoms with E-state index in [-0.39, 0.29) is 24.5 Å². The molecule has 0 spiro atoms. The average Bonchev–Trinajstić information content (AvgIpc) is 3.15. The maximum absolute atomic E-state index is 12.0. The van der Waals surface area contributed by atoms with Crippen LogP contribution in [-0.4, -0.2) is 65.3 Å². The molecule has 2 aliphatic rings. The third-order valence-corrected chi connectivity index (χ3v) is 4.48. The molecule has 2 amide bonds. The van der Waals surface area contributed by atoms with Crippen molar-refractivity contribution >= 4 is 29.4 Å². The van der Waals surface area contributed by atoms with E-state index in [0.717, 1.165) is 25.9 Å².